The second-order valence-electron chi connectivity index (χ2n) is 6.73. The Labute approximate surface area is 140 Å². The standard InChI is InChI=1S/C21H27NO/c1-17(2)15-20(3,22)16-21(23-4,18-11-7-5-8-12-18)19-13-9-6-10-14-19/h5-14H,1,15-16,22H2,2-4H3. The van der Waals surface area contributed by atoms with Gasteiger partial charge < -0.3 is 10.5 Å². The fraction of sp³-hybridized carbons (Fsp3) is 0.333. The number of ether oxygens (including phenoxy) is 1. The topological polar surface area (TPSA) is 35.2 Å². The van der Waals surface area contributed by atoms with E-state index in [0.717, 1.165) is 23.1 Å². The van der Waals surface area contributed by atoms with Crippen molar-refractivity contribution in [3.63, 3.8) is 0 Å². The first-order valence-electron chi connectivity index (χ1n) is 7.99. The summed E-state index contributed by atoms with van der Waals surface area (Å²) in [5, 5.41) is 0. The summed E-state index contributed by atoms with van der Waals surface area (Å²) in [7, 11) is 1.76. The van der Waals surface area contributed by atoms with Crippen molar-refractivity contribution in [2.45, 2.75) is 37.8 Å². The Kier molecular flexibility index (Phi) is 5.40. The van der Waals surface area contributed by atoms with Gasteiger partial charge in [0.25, 0.3) is 0 Å². The van der Waals surface area contributed by atoms with Gasteiger partial charge in [-0.05, 0) is 31.4 Å². The smallest absolute Gasteiger partial charge is 0.119 e. The highest BCUT2D eigenvalue weighted by molar-refractivity contribution is 5.37. The first kappa shape index (κ1) is 17.5. The van der Waals surface area contributed by atoms with Crippen LogP contribution < -0.4 is 5.73 Å². The molecule has 1 unspecified atom stereocenters. The van der Waals surface area contributed by atoms with Gasteiger partial charge in [0.05, 0.1) is 0 Å². The second kappa shape index (κ2) is 7.12. The predicted octanol–water partition coefficient (Wildman–Crippen LogP) is 4.65. The zero-order valence-corrected chi connectivity index (χ0v) is 14.4. The van der Waals surface area contributed by atoms with E-state index < -0.39 is 11.1 Å². The van der Waals surface area contributed by atoms with Crippen LogP contribution in [0.4, 0.5) is 0 Å². The Morgan fingerprint density at radius 2 is 1.43 bits per heavy atom. The van der Waals surface area contributed by atoms with E-state index in [2.05, 4.69) is 37.8 Å². The van der Waals surface area contributed by atoms with Gasteiger partial charge in [0.1, 0.15) is 5.60 Å². The molecule has 0 amide bonds. The molecule has 2 aromatic rings. The molecule has 0 spiro atoms. The van der Waals surface area contributed by atoms with E-state index in [9.17, 15) is 0 Å². The van der Waals surface area contributed by atoms with Crippen LogP contribution in [-0.4, -0.2) is 12.6 Å². The molecule has 0 heterocycles. The number of nitrogens with two attached hydrogens (primary N) is 1. The molecule has 2 nitrogen and oxygen atoms in total. The monoisotopic (exact) mass is 309 g/mol. The van der Waals surface area contributed by atoms with Crippen LogP contribution in [0.5, 0.6) is 0 Å². The molecule has 1 atom stereocenters. The molecule has 0 bridgehead atoms. The second-order valence-corrected chi connectivity index (χ2v) is 6.73. The fourth-order valence-electron chi connectivity index (χ4n) is 3.41. The summed E-state index contributed by atoms with van der Waals surface area (Å²) in [6, 6.07) is 20.6. The summed E-state index contributed by atoms with van der Waals surface area (Å²) in [5.41, 5.74) is 8.96. The van der Waals surface area contributed by atoms with Crippen LogP contribution in [0.25, 0.3) is 0 Å². The molecule has 0 fully saturated rings. The van der Waals surface area contributed by atoms with Gasteiger partial charge in [-0.3, -0.25) is 0 Å². The summed E-state index contributed by atoms with van der Waals surface area (Å²) in [4.78, 5) is 0. The number of benzene rings is 2. The summed E-state index contributed by atoms with van der Waals surface area (Å²) >= 11 is 0. The van der Waals surface area contributed by atoms with Gasteiger partial charge in [-0.1, -0.05) is 66.2 Å². The third-order valence-corrected chi connectivity index (χ3v) is 4.19. The van der Waals surface area contributed by atoms with Crippen LogP contribution >= 0.6 is 0 Å². The Bertz CT molecular complexity index is 592. The minimum atomic E-state index is -0.568. The molecule has 0 saturated heterocycles. The number of hydrogen-bond donors (Lipinski definition) is 1. The highest BCUT2D eigenvalue weighted by Gasteiger charge is 2.40. The fourth-order valence-corrected chi connectivity index (χ4v) is 3.41. The molecule has 0 aliphatic carbocycles. The van der Waals surface area contributed by atoms with Crippen LogP contribution in [0.3, 0.4) is 0 Å². The number of rotatable bonds is 7. The van der Waals surface area contributed by atoms with Gasteiger partial charge in [0.15, 0.2) is 0 Å². The molecule has 0 saturated carbocycles. The molecular weight excluding hydrogens is 282 g/mol. The van der Waals surface area contributed by atoms with Crippen molar-refractivity contribution in [1.29, 1.82) is 0 Å². The molecular formula is C21H27NO. The average molecular weight is 309 g/mol. The van der Waals surface area contributed by atoms with Gasteiger partial charge in [-0.25, -0.2) is 0 Å². The first-order chi connectivity index (χ1) is 10.9. The molecule has 2 heteroatoms. The molecule has 0 aromatic heterocycles. The van der Waals surface area contributed by atoms with Crippen LogP contribution in [0.2, 0.25) is 0 Å². The largest absolute Gasteiger partial charge is 0.369 e. The minimum absolute atomic E-state index is 0.409. The zero-order valence-electron chi connectivity index (χ0n) is 14.4. The average Bonchev–Trinajstić information content (AvgIpc) is 2.53. The van der Waals surface area contributed by atoms with Crippen molar-refractivity contribution >= 4 is 0 Å². The van der Waals surface area contributed by atoms with Gasteiger partial charge >= 0.3 is 0 Å². The van der Waals surface area contributed by atoms with E-state index in [4.69, 9.17) is 10.5 Å². The molecule has 2 aromatic carbocycles. The Hall–Kier alpha value is -1.90. The zero-order chi connectivity index (χ0) is 16.9. The lowest BCUT2D eigenvalue weighted by molar-refractivity contribution is -0.00218. The van der Waals surface area contributed by atoms with Crippen molar-refractivity contribution in [3.05, 3.63) is 83.9 Å². The Balaban J connectivity index is 2.53. The normalized spacial score (nSPS) is 14.3. The third-order valence-electron chi connectivity index (χ3n) is 4.19. The van der Waals surface area contributed by atoms with Crippen molar-refractivity contribution in [1.82, 2.24) is 0 Å². The summed E-state index contributed by atoms with van der Waals surface area (Å²) in [6.07, 6.45) is 1.44. The highest BCUT2D eigenvalue weighted by Crippen LogP contribution is 2.40. The van der Waals surface area contributed by atoms with E-state index in [-0.39, 0.29) is 0 Å². The molecule has 2 rings (SSSR count). The van der Waals surface area contributed by atoms with Crippen molar-refractivity contribution in [2.24, 2.45) is 5.73 Å². The molecule has 0 aliphatic rings. The van der Waals surface area contributed by atoms with Crippen molar-refractivity contribution in [2.75, 3.05) is 7.11 Å². The molecule has 122 valence electrons. The maximum atomic E-state index is 6.61. The van der Waals surface area contributed by atoms with Crippen LogP contribution in [0.15, 0.2) is 72.8 Å². The van der Waals surface area contributed by atoms with Crippen molar-refractivity contribution < 1.29 is 4.74 Å². The number of methoxy groups -OCH3 is 1. The summed E-state index contributed by atoms with van der Waals surface area (Å²) in [5.74, 6) is 0. The van der Waals surface area contributed by atoms with Gasteiger partial charge in [-0.2, -0.15) is 0 Å². The molecule has 0 radical (unpaired) electrons. The molecule has 23 heavy (non-hydrogen) atoms. The van der Waals surface area contributed by atoms with Crippen LogP contribution in [0.1, 0.15) is 37.8 Å². The predicted molar refractivity (Wildman–Crippen MR) is 97.3 cm³/mol. The van der Waals surface area contributed by atoms with E-state index in [1.165, 1.54) is 0 Å². The summed E-state index contributed by atoms with van der Waals surface area (Å²) < 4.78 is 6.12. The minimum Gasteiger partial charge on any atom is -0.369 e. The Morgan fingerprint density at radius 3 is 1.78 bits per heavy atom. The van der Waals surface area contributed by atoms with E-state index in [0.29, 0.717) is 6.42 Å². The van der Waals surface area contributed by atoms with Gasteiger partial charge in [0.2, 0.25) is 0 Å². The van der Waals surface area contributed by atoms with E-state index in [1.54, 1.807) is 7.11 Å². The molecule has 0 aliphatic heterocycles. The lowest BCUT2D eigenvalue weighted by Gasteiger charge is -2.40. The lowest BCUT2D eigenvalue weighted by atomic mass is 9.75. The maximum Gasteiger partial charge on any atom is 0.119 e. The van der Waals surface area contributed by atoms with Crippen LogP contribution in [0, 0.1) is 0 Å². The third kappa shape index (κ3) is 4.10. The maximum absolute atomic E-state index is 6.61. The number of hydrogen-bond acceptors (Lipinski definition) is 2. The highest BCUT2D eigenvalue weighted by atomic mass is 16.5. The van der Waals surface area contributed by atoms with Crippen LogP contribution in [-0.2, 0) is 10.3 Å². The Morgan fingerprint density at radius 1 is 1.00 bits per heavy atom. The van der Waals surface area contributed by atoms with Gasteiger partial charge in [-0.15, -0.1) is 6.58 Å². The van der Waals surface area contributed by atoms with E-state index in [1.807, 2.05) is 43.3 Å². The first-order valence-corrected chi connectivity index (χ1v) is 7.99. The SMILES string of the molecule is C=C(C)CC(C)(N)CC(OC)(c1ccccc1)c1ccccc1. The lowest BCUT2D eigenvalue weighted by Crippen LogP contribution is -2.46. The molecule has 2 N–H and O–H groups in total. The van der Waals surface area contributed by atoms with E-state index >= 15 is 0 Å². The summed E-state index contributed by atoms with van der Waals surface area (Å²) in [6.45, 7) is 8.11. The quantitative estimate of drug-likeness (QED) is 0.756. The van der Waals surface area contributed by atoms with Gasteiger partial charge in [0, 0.05) is 19.1 Å². The van der Waals surface area contributed by atoms with Crippen molar-refractivity contribution in [3.8, 4) is 0 Å².